The van der Waals surface area contributed by atoms with E-state index in [1.807, 2.05) is 18.2 Å². The van der Waals surface area contributed by atoms with Gasteiger partial charge in [-0.25, -0.2) is 4.39 Å². The number of anilines is 1. The lowest BCUT2D eigenvalue weighted by molar-refractivity contribution is 0.102. The van der Waals surface area contributed by atoms with Crippen LogP contribution in [0.5, 0.6) is 5.75 Å². The van der Waals surface area contributed by atoms with Crippen LogP contribution in [0.2, 0.25) is 0 Å². The first-order valence-corrected chi connectivity index (χ1v) is 8.32. The van der Waals surface area contributed by atoms with Crippen LogP contribution in [-0.4, -0.2) is 25.5 Å². The molecule has 4 rings (SSSR count). The molecule has 0 unspecified atom stereocenters. The molecular weight excluding hydrogens is 365 g/mol. The van der Waals surface area contributed by atoms with Gasteiger partial charge >= 0.3 is 0 Å². The predicted molar refractivity (Wildman–Crippen MR) is 98.7 cm³/mol. The minimum Gasteiger partial charge on any atom is -0.486 e. The molecule has 140 valence electrons. The van der Waals surface area contributed by atoms with Gasteiger partial charge in [0.25, 0.3) is 11.5 Å². The van der Waals surface area contributed by atoms with Crippen LogP contribution in [0.25, 0.3) is 5.78 Å². The van der Waals surface area contributed by atoms with Gasteiger partial charge < -0.3 is 10.1 Å². The van der Waals surface area contributed by atoms with Crippen molar-refractivity contribution in [2.24, 2.45) is 0 Å². The van der Waals surface area contributed by atoms with E-state index in [-0.39, 0.29) is 23.8 Å². The highest BCUT2D eigenvalue weighted by molar-refractivity contribution is 6.03. The van der Waals surface area contributed by atoms with E-state index in [1.165, 1.54) is 34.8 Å². The Hall–Kier alpha value is -4.01. The van der Waals surface area contributed by atoms with E-state index >= 15 is 0 Å². The molecule has 28 heavy (non-hydrogen) atoms. The molecule has 0 aliphatic heterocycles. The number of ether oxygens (including phenoxy) is 1. The summed E-state index contributed by atoms with van der Waals surface area (Å²) in [6.07, 6.45) is 0. The summed E-state index contributed by atoms with van der Waals surface area (Å²) < 4.78 is 19.9. The van der Waals surface area contributed by atoms with Gasteiger partial charge in [0.2, 0.25) is 5.78 Å². The van der Waals surface area contributed by atoms with Crippen LogP contribution in [-0.2, 0) is 6.61 Å². The van der Waals surface area contributed by atoms with Crippen molar-refractivity contribution in [1.29, 1.82) is 0 Å². The largest absolute Gasteiger partial charge is 0.486 e. The summed E-state index contributed by atoms with van der Waals surface area (Å²) in [5, 5.41) is 6.85. The Bertz CT molecular complexity index is 1190. The summed E-state index contributed by atoms with van der Waals surface area (Å²) in [6.45, 7) is 0.0824. The Morgan fingerprint density at radius 2 is 1.89 bits per heavy atom. The zero-order chi connectivity index (χ0) is 19.5. The van der Waals surface area contributed by atoms with Crippen molar-refractivity contribution in [3.63, 3.8) is 0 Å². The van der Waals surface area contributed by atoms with Gasteiger partial charge in [0.05, 0.1) is 0 Å². The first-order valence-electron chi connectivity index (χ1n) is 8.32. The van der Waals surface area contributed by atoms with Crippen molar-refractivity contribution in [2.75, 3.05) is 5.32 Å². The summed E-state index contributed by atoms with van der Waals surface area (Å²) in [7, 11) is 0. The highest BCUT2D eigenvalue weighted by atomic mass is 19.1. The Kier molecular flexibility index (Phi) is 4.55. The van der Waals surface area contributed by atoms with Crippen LogP contribution in [0.4, 0.5) is 10.2 Å². The molecule has 0 atom stereocenters. The number of benzene rings is 2. The number of carbonyl (C=O) groups is 1. The molecule has 0 aliphatic carbocycles. The third kappa shape index (κ3) is 3.73. The maximum atomic E-state index is 13.0. The minimum absolute atomic E-state index is 0.0824. The van der Waals surface area contributed by atoms with E-state index in [2.05, 4.69) is 20.4 Å². The number of fused-ring (bicyclic) bond motifs is 1. The number of hydrogen-bond donors (Lipinski definition) is 2. The van der Waals surface area contributed by atoms with Crippen LogP contribution < -0.4 is 15.6 Å². The first-order chi connectivity index (χ1) is 13.6. The Morgan fingerprint density at radius 1 is 1.14 bits per heavy atom. The lowest BCUT2D eigenvalue weighted by Crippen LogP contribution is -2.18. The average molecular weight is 379 g/mol. The highest BCUT2D eigenvalue weighted by Gasteiger charge is 2.13. The van der Waals surface area contributed by atoms with Gasteiger partial charge in [0.1, 0.15) is 24.0 Å². The molecule has 0 spiro atoms. The summed E-state index contributed by atoms with van der Waals surface area (Å²) in [5.74, 6) is 0.307. The third-order valence-corrected chi connectivity index (χ3v) is 3.84. The van der Waals surface area contributed by atoms with Crippen LogP contribution in [0.1, 0.15) is 16.2 Å². The maximum absolute atomic E-state index is 13.0. The minimum atomic E-state index is -0.510. The fourth-order valence-electron chi connectivity index (χ4n) is 2.54. The molecule has 2 aromatic heterocycles. The molecule has 8 nitrogen and oxygen atoms in total. The van der Waals surface area contributed by atoms with Gasteiger partial charge in [-0.15, -0.1) is 5.10 Å². The molecule has 0 aliphatic rings. The average Bonchev–Trinajstić information content (AvgIpc) is 3.10. The van der Waals surface area contributed by atoms with Gasteiger partial charge in [-0.05, 0) is 36.4 Å². The summed E-state index contributed by atoms with van der Waals surface area (Å²) in [4.78, 5) is 31.0. The number of aromatic nitrogens is 4. The number of nitrogens with one attached hydrogen (secondary N) is 2. The molecule has 2 N–H and O–H groups in total. The molecule has 0 radical (unpaired) electrons. The maximum Gasteiger partial charge on any atom is 0.256 e. The summed E-state index contributed by atoms with van der Waals surface area (Å²) in [6, 6.07) is 15.4. The van der Waals surface area contributed by atoms with Gasteiger partial charge in [0, 0.05) is 11.6 Å². The smallest absolute Gasteiger partial charge is 0.256 e. The third-order valence-electron chi connectivity index (χ3n) is 3.84. The van der Waals surface area contributed by atoms with E-state index < -0.39 is 17.3 Å². The second-order valence-corrected chi connectivity index (χ2v) is 5.85. The number of para-hydroxylation sites is 1. The number of nitrogens with zero attached hydrogens (tertiary/aromatic N) is 3. The lowest BCUT2D eigenvalue weighted by atomic mass is 10.2. The van der Waals surface area contributed by atoms with E-state index in [9.17, 15) is 14.0 Å². The van der Waals surface area contributed by atoms with Gasteiger partial charge in [-0.3, -0.25) is 14.6 Å². The van der Waals surface area contributed by atoms with Crippen molar-refractivity contribution >= 4 is 17.5 Å². The molecule has 4 aromatic rings. The van der Waals surface area contributed by atoms with Crippen molar-refractivity contribution < 1.29 is 13.9 Å². The number of aromatic amines is 1. The Balaban J connectivity index is 1.59. The topological polar surface area (TPSA) is 101 Å². The summed E-state index contributed by atoms with van der Waals surface area (Å²) >= 11 is 0. The van der Waals surface area contributed by atoms with Crippen LogP contribution in [0.15, 0.2) is 65.5 Å². The number of halogens is 1. The van der Waals surface area contributed by atoms with Crippen LogP contribution in [0.3, 0.4) is 0 Å². The van der Waals surface area contributed by atoms with Gasteiger partial charge in [-0.2, -0.15) is 9.50 Å². The zero-order valence-corrected chi connectivity index (χ0v) is 14.4. The molecule has 2 heterocycles. The van der Waals surface area contributed by atoms with Crippen molar-refractivity contribution in [3.8, 4) is 5.75 Å². The Labute approximate surface area is 157 Å². The second kappa shape index (κ2) is 7.31. The zero-order valence-electron chi connectivity index (χ0n) is 14.4. The molecule has 2 aromatic carbocycles. The number of rotatable bonds is 5. The molecule has 0 fully saturated rings. The van der Waals surface area contributed by atoms with Crippen molar-refractivity contribution in [2.45, 2.75) is 6.61 Å². The first kappa shape index (κ1) is 17.4. The molecule has 0 saturated heterocycles. The quantitative estimate of drug-likeness (QED) is 0.554. The number of H-pyrrole nitrogens is 1. The van der Waals surface area contributed by atoms with Crippen molar-refractivity contribution in [1.82, 2.24) is 19.6 Å². The van der Waals surface area contributed by atoms with Crippen molar-refractivity contribution in [3.05, 3.63) is 88.2 Å². The fraction of sp³-hybridized carbons (Fsp3) is 0.0526. The van der Waals surface area contributed by atoms with Gasteiger partial charge in [0.15, 0.2) is 5.82 Å². The SMILES string of the molecule is O=C(Nc1cc(=O)[nH]c2nc(COc3ccccc3)nn12)c1ccc(F)cc1. The monoisotopic (exact) mass is 379 g/mol. The normalized spacial score (nSPS) is 10.8. The molecule has 0 bridgehead atoms. The van der Waals surface area contributed by atoms with E-state index in [1.54, 1.807) is 12.1 Å². The molecule has 9 heteroatoms. The number of hydrogen-bond acceptors (Lipinski definition) is 5. The lowest BCUT2D eigenvalue weighted by Gasteiger charge is -2.06. The van der Waals surface area contributed by atoms with E-state index in [4.69, 9.17) is 4.74 Å². The number of amides is 1. The fourth-order valence-corrected chi connectivity index (χ4v) is 2.54. The van der Waals surface area contributed by atoms with E-state index in [0.29, 0.717) is 11.6 Å². The molecule has 0 saturated carbocycles. The Morgan fingerprint density at radius 3 is 2.64 bits per heavy atom. The van der Waals surface area contributed by atoms with Gasteiger partial charge in [-0.1, -0.05) is 18.2 Å². The second-order valence-electron chi connectivity index (χ2n) is 5.85. The highest BCUT2D eigenvalue weighted by Crippen LogP contribution is 2.13. The molecule has 1 amide bonds. The van der Waals surface area contributed by atoms with E-state index in [0.717, 1.165) is 0 Å². The van der Waals surface area contributed by atoms with Crippen LogP contribution in [0, 0.1) is 5.82 Å². The van der Waals surface area contributed by atoms with Crippen LogP contribution >= 0.6 is 0 Å². The molecular formula is C19H14FN5O3. The summed E-state index contributed by atoms with van der Waals surface area (Å²) in [5.41, 5.74) is -0.215. The number of carbonyl (C=O) groups excluding carboxylic acids is 1. The predicted octanol–water partition coefficient (Wildman–Crippen LogP) is 2.39. The standard InChI is InChI=1S/C19H14FN5O3/c20-13-8-6-12(7-9-13)18(27)22-16-10-17(26)23-19-21-15(24-25(16)19)11-28-14-4-2-1-3-5-14/h1-10H,11H2,(H,22,27)(H,21,23,24,26).